The Bertz CT molecular complexity index is 1010. The van der Waals surface area contributed by atoms with Crippen LogP contribution in [-0.4, -0.2) is 18.2 Å². The maximum Gasteiger partial charge on any atom is 0.271 e. The van der Waals surface area contributed by atoms with Crippen molar-refractivity contribution in [3.05, 3.63) is 83.1 Å². The summed E-state index contributed by atoms with van der Waals surface area (Å²) in [4.78, 5) is 14.4. The first-order valence-electron chi connectivity index (χ1n) is 8.89. The maximum absolute atomic E-state index is 12.3. The van der Waals surface area contributed by atoms with Gasteiger partial charge in [0.05, 0.1) is 17.0 Å². The van der Waals surface area contributed by atoms with E-state index >= 15 is 0 Å². The maximum atomic E-state index is 12.3. The molecule has 0 saturated heterocycles. The van der Waals surface area contributed by atoms with Crippen molar-refractivity contribution in [1.82, 2.24) is 5.43 Å². The van der Waals surface area contributed by atoms with E-state index in [-0.39, 0.29) is 5.91 Å². The first-order chi connectivity index (χ1) is 13.3. The van der Waals surface area contributed by atoms with Crippen molar-refractivity contribution in [3.8, 4) is 6.07 Å². The SMILES string of the molecule is N#CC1=C2C=Cc3ccccc3N2CCC/C1=N\NC(=O)c1ccccc1. The molecular formula is C22H18N4O. The fourth-order valence-corrected chi connectivity index (χ4v) is 3.41. The number of benzene rings is 2. The monoisotopic (exact) mass is 354 g/mol. The van der Waals surface area contributed by atoms with Crippen molar-refractivity contribution in [3.63, 3.8) is 0 Å². The molecule has 2 aliphatic heterocycles. The van der Waals surface area contributed by atoms with E-state index in [0.717, 1.165) is 29.9 Å². The lowest BCUT2D eigenvalue weighted by Crippen LogP contribution is -2.25. The Labute approximate surface area is 157 Å². The molecule has 4 rings (SSSR count). The summed E-state index contributed by atoms with van der Waals surface area (Å²) >= 11 is 0. The van der Waals surface area contributed by atoms with E-state index < -0.39 is 0 Å². The number of nitriles is 1. The quantitative estimate of drug-likeness (QED) is 0.832. The number of para-hydroxylation sites is 1. The molecule has 0 atom stereocenters. The average molecular weight is 354 g/mol. The van der Waals surface area contributed by atoms with E-state index in [0.29, 0.717) is 23.3 Å². The van der Waals surface area contributed by atoms with Gasteiger partial charge in [0.15, 0.2) is 0 Å². The molecule has 0 aromatic heterocycles. The molecular weight excluding hydrogens is 336 g/mol. The number of hydrazone groups is 1. The van der Waals surface area contributed by atoms with Gasteiger partial charge in [-0.15, -0.1) is 0 Å². The number of hydrogen-bond donors (Lipinski definition) is 1. The number of hydrogen-bond acceptors (Lipinski definition) is 4. The number of nitrogens with one attached hydrogen (secondary N) is 1. The van der Waals surface area contributed by atoms with Crippen molar-refractivity contribution in [2.75, 3.05) is 11.4 Å². The number of anilines is 1. The summed E-state index contributed by atoms with van der Waals surface area (Å²) in [5.74, 6) is -0.281. The fourth-order valence-electron chi connectivity index (χ4n) is 3.41. The molecule has 0 saturated carbocycles. The molecule has 0 bridgehead atoms. The predicted octanol–water partition coefficient (Wildman–Crippen LogP) is 3.88. The largest absolute Gasteiger partial charge is 0.340 e. The summed E-state index contributed by atoms with van der Waals surface area (Å²) in [6.07, 6.45) is 5.45. The van der Waals surface area contributed by atoms with Crippen molar-refractivity contribution < 1.29 is 4.79 Å². The summed E-state index contributed by atoms with van der Waals surface area (Å²) < 4.78 is 0. The first-order valence-corrected chi connectivity index (χ1v) is 8.89. The van der Waals surface area contributed by atoms with Crippen LogP contribution in [0.3, 0.4) is 0 Å². The number of carbonyl (C=O) groups is 1. The molecule has 5 nitrogen and oxygen atoms in total. The molecule has 0 spiro atoms. The van der Waals surface area contributed by atoms with Crippen LogP contribution < -0.4 is 10.3 Å². The van der Waals surface area contributed by atoms with Gasteiger partial charge in [-0.05, 0) is 42.7 Å². The van der Waals surface area contributed by atoms with Crippen LogP contribution >= 0.6 is 0 Å². The predicted molar refractivity (Wildman–Crippen MR) is 106 cm³/mol. The molecule has 2 aliphatic rings. The lowest BCUT2D eigenvalue weighted by Gasteiger charge is -2.29. The van der Waals surface area contributed by atoms with Gasteiger partial charge in [0.2, 0.25) is 0 Å². The highest BCUT2D eigenvalue weighted by molar-refractivity contribution is 6.07. The van der Waals surface area contributed by atoms with Gasteiger partial charge in [-0.1, -0.05) is 42.5 Å². The highest BCUT2D eigenvalue weighted by atomic mass is 16.2. The minimum atomic E-state index is -0.281. The molecule has 2 heterocycles. The molecule has 27 heavy (non-hydrogen) atoms. The second-order valence-corrected chi connectivity index (χ2v) is 6.38. The van der Waals surface area contributed by atoms with Crippen LogP contribution in [0.4, 0.5) is 5.69 Å². The highest BCUT2D eigenvalue weighted by Gasteiger charge is 2.26. The molecule has 2 aromatic carbocycles. The number of fused-ring (bicyclic) bond motifs is 3. The number of nitrogens with zero attached hydrogens (tertiary/aromatic N) is 3. The normalized spacial score (nSPS) is 17.0. The molecule has 2 aromatic rings. The summed E-state index contributed by atoms with van der Waals surface area (Å²) in [5, 5.41) is 14.1. The molecule has 132 valence electrons. The Hall–Kier alpha value is -3.65. The van der Waals surface area contributed by atoms with Crippen LogP contribution in [0, 0.1) is 11.3 Å². The number of amides is 1. The van der Waals surface area contributed by atoms with Crippen LogP contribution in [-0.2, 0) is 0 Å². The first kappa shape index (κ1) is 16.8. The highest BCUT2D eigenvalue weighted by Crippen LogP contribution is 2.34. The van der Waals surface area contributed by atoms with Gasteiger partial charge < -0.3 is 4.90 Å². The Morgan fingerprint density at radius 3 is 2.67 bits per heavy atom. The second-order valence-electron chi connectivity index (χ2n) is 6.38. The zero-order chi connectivity index (χ0) is 18.6. The molecule has 0 unspecified atom stereocenters. The van der Waals surface area contributed by atoms with Crippen molar-refractivity contribution in [1.29, 1.82) is 5.26 Å². The van der Waals surface area contributed by atoms with Gasteiger partial charge in [0.25, 0.3) is 5.91 Å². The molecule has 1 N–H and O–H groups in total. The van der Waals surface area contributed by atoms with Crippen LogP contribution in [0.5, 0.6) is 0 Å². The van der Waals surface area contributed by atoms with E-state index in [1.54, 1.807) is 24.3 Å². The second kappa shape index (κ2) is 7.30. The average Bonchev–Trinajstić information content (AvgIpc) is 2.91. The van der Waals surface area contributed by atoms with Gasteiger partial charge in [0.1, 0.15) is 6.07 Å². The topological polar surface area (TPSA) is 68.5 Å². The Kier molecular flexibility index (Phi) is 4.54. The lowest BCUT2D eigenvalue weighted by molar-refractivity contribution is 0.0955. The minimum Gasteiger partial charge on any atom is -0.340 e. The van der Waals surface area contributed by atoms with Crippen LogP contribution in [0.1, 0.15) is 28.8 Å². The molecule has 0 fully saturated rings. The third kappa shape index (κ3) is 3.25. The van der Waals surface area contributed by atoms with Gasteiger partial charge >= 0.3 is 0 Å². The molecule has 0 aliphatic carbocycles. The van der Waals surface area contributed by atoms with E-state index in [1.165, 1.54) is 0 Å². The van der Waals surface area contributed by atoms with E-state index in [9.17, 15) is 10.1 Å². The van der Waals surface area contributed by atoms with E-state index in [2.05, 4.69) is 33.6 Å². The van der Waals surface area contributed by atoms with Crippen LogP contribution in [0.15, 0.2) is 77.0 Å². The third-order valence-corrected chi connectivity index (χ3v) is 4.72. The smallest absolute Gasteiger partial charge is 0.271 e. The molecule has 5 heteroatoms. The van der Waals surface area contributed by atoms with Gasteiger partial charge in [-0.25, -0.2) is 5.43 Å². The zero-order valence-corrected chi connectivity index (χ0v) is 14.7. The van der Waals surface area contributed by atoms with Gasteiger partial charge in [-0.3, -0.25) is 4.79 Å². The summed E-state index contributed by atoms with van der Waals surface area (Å²) in [7, 11) is 0. The Morgan fingerprint density at radius 2 is 1.85 bits per heavy atom. The zero-order valence-electron chi connectivity index (χ0n) is 14.7. The van der Waals surface area contributed by atoms with Crippen LogP contribution in [0.25, 0.3) is 6.08 Å². The number of rotatable bonds is 2. The van der Waals surface area contributed by atoms with Crippen LogP contribution in [0.2, 0.25) is 0 Å². The third-order valence-electron chi connectivity index (χ3n) is 4.72. The van der Waals surface area contributed by atoms with Gasteiger partial charge in [-0.2, -0.15) is 10.4 Å². The minimum absolute atomic E-state index is 0.281. The number of carbonyl (C=O) groups excluding carboxylic acids is 1. The summed E-state index contributed by atoms with van der Waals surface area (Å²) in [5.41, 5.74) is 7.32. The number of allylic oxidation sites excluding steroid dienone is 2. The standard InChI is InChI=1S/C22H18N4O/c23-15-18-19(24-25-22(27)17-8-2-1-3-9-17)10-6-14-26-20-11-5-4-7-16(20)12-13-21(18)26/h1-5,7-9,11-13H,6,10,14H2,(H,25,27)/b24-19+. The van der Waals surface area contributed by atoms with Crippen molar-refractivity contribution in [2.24, 2.45) is 5.10 Å². The van der Waals surface area contributed by atoms with Crippen molar-refractivity contribution in [2.45, 2.75) is 12.8 Å². The van der Waals surface area contributed by atoms with Crippen molar-refractivity contribution >= 4 is 23.4 Å². The summed E-state index contributed by atoms with van der Waals surface area (Å²) in [6.45, 7) is 0.799. The van der Waals surface area contributed by atoms with E-state index in [1.807, 2.05) is 30.4 Å². The Morgan fingerprint density at radius 1 is 1.07 bits per heavy atom. The Balaban J connectivity index is 1.68. The fraction of sp³-hybridized carbons (Fsp3) is 0.136. The lowest BCUT2D eigenvalue weighted by atomic mass is 10.0. The summed E-state index contributed by atoms with van der Waals surface area (Å²) in [6, 6.07) is 19.4. The van der Waals surface area contributed by atoms with E-state index in [4.69, 9.17) is 0 Å². The molecule has 0 radical (unpaired) electrons. The van der Waals surface area contributed by atoms with Gasteiger partial charge in [0, 0.05) is 17.8 Å². The molecule has 1 amide bonds.